The second kappa shape index (κ2) is 12.6. The van der Waals surface area contributed by atoms with Gasteiger partial charge in [0, 0.05) is 22.6 Å². The van der Waals surface area contributed by atoms with Crippen molar-refractivity contribution in [3.05, 3.63) is 211 Å². The summed E-state index contributed by atoms with van der Waals surface area (Å²) in [5.74, 6) is 0.967. The van der Waals surface area contributed by atoms with E-state index < -0.39 is 0 Å². The van der Waals surface area contributed by atoms with E-state index in [1.54, 1.807) is 0 Å². The van der Waals surface area contributed by atoms with Crippen LogP contribution < -0.4 is 9.64 Å². The highest BCUT2D eigenvalue weighted by molar-refractivity contribution is 6.03. The molecule has 2 atom stereocenters. The van der Waals surface area contributed by atoms with E-state index in [0.29, 0.717) is 0 Å². The maximum absolute atomic E-state index is 6.91. The van der Waals surface area contributed by atoms with Crippen LogP contribution in [-0.4, -0.2) is 6.10 Å². The minimum absolute atomic E-state index is 0.0148. The third-order valence-corrected chi connectivity index (χ3v) is 10.6. The van der Waals surface area contributed by atoms with Crippen molar-refractivity contribution in [2.24, 2.45) is 0 Å². The Balaban J connectivity index is 1.08. The summed E-state index contributed by atoms with van der Waals surface area (Å²) in [6, 6.07) is 65.5. The first kappa shape index (κ1) is 30.2. The first-order valence-corrected chi connectivity index (χ1v) is 18.0. The minimum atomic E-state index is -0.114. The summed E-state index contributed by atoms with van der Waals surface area (Å²) in [6.45, 7) is 0. The van der Waals surface area contributed by atoms with Crippen LogP contribution in [0.25, 0.3) is 54.9 Å². The number of fused-ring (bicyclic) bond motifs is 6. The van der Waals surface area contributed by atoms with Crippen LogP contribution in [0.1, 0.15) is 11.5 Å². The molecule has 0 fully saturated rings. The molecule has 0 spiro atoms. The van der Waals surface area contributed by atoms with Gasteiger partial charge in [-0.05, 0) is 110 Å². The molecule has 52 heavy (non-hydrogen) atoms. The highest BCUT2D eigenvalue weighted by atomic mass is 16.5. The van der Waals surface area contributed by atoms with Gasteiger partial charge in [0.1, 0.15) is 11.9 Å². The van der Waals surface area contributed by atoms with Gasteiger partial charge < -0.3 is 9.64 Å². The lowest BCUT2D eigenvalue weighted by Gasteiger charge is -2.34. The Kier molecular flexibility index (Phi) is 7.32. The lowest BCUT2D eigenvalue weighted by Crippen LogP contribution is -2.29. The fourth-order valence-electron chi connectivity index (χ4n) is 8.14. The number of hydrogen-bond acceptors (Lipinski definition) is 2. The second-order valence-corrected chi connectivity index (χ2v) is 13.6. The Morgan fingerprint density at radius 2 is 0.981 bits per heavy atom. The number of ether oxygens (including phenoxy) is 1. The second-order valence-electron chi connectivity index (χ2n) is 13.6. The van der Waals surface area contributed by atoms with Gasteiger partial charge in [-0.3, -0.25) is 0 Å². The predicted molar refractivity (Wildman–Crippen MR) is 217 cm³/mol. The Morgan fingerprint density at radius 3 is 1.69 bits per heavy atom. The zero-order valence-corrected chi connectivity index (χ0v) is 28.6. The Hall–Kier alpha value is -6.64. The molecule has 1 aliphatic heterocycles. The molecule has 2 heteroatoms. The molecule has 1 heterocycles. The molecule has 8 aromatic carbocycles. The van der Waals surface area contributed by atoms with Crippen molar-refractivity contribution in [1.82, 2.24) is 0 Å². The maximum Gasteiger partial charge on any atom is 0.130 e. The molecular formula is C50H35NO. The van der Waals surface area contributed by atoms with Gasteiger partial charge >= 0.3 is 0 Å². The summed E-state index contributed by atoms with van der Waals surface area (Å²) in [7, 11) is 0. The predicted octanol–water partition coefficient (Wildman–Crippen LogP) is 13.1. The summed E-state index contributed by atoms with van der Waals surface area (Å²) in [4.78, 5) is 2.41. The van der Waals surface area contributed by atoms with Crippen molar-refractivity contribution in [2.75, 3.05) is 4.90 Å². The molecule has 2 nitrogen and oxygen atoms in total. The van der Waals surface area contributed by atoms with Gasteiger partial charge in [0.2, 0.25) is 0 Å². The zero-order chi connectivity index (χ0) is 34.4. The number of hydrogen-bond donors (Lipinski definition) is 0. The molecule has 0 aromatic heterocycles. The van der Waals surface area contributed by atoms with Crippen LogP contribution in [0.15, 0.2) is 206 Å². The maximum atomic E-state index is 6.91. The number of allylic oxidation sites excluding steroid dienone is 2. The monoisotopic (exact) mass is 665 g/mol. The molecule has 8 aromatic rings. The van der Waals surface area contributed by atoms with Crippen LogP contribution in [0.3, 0.4) is 0 Å². The fraction of sp³-hybridized carbons (Fsp3) is 0.0400. The normalized spacial score (nSPS) is 15.9. The topological polar surface area (TPSA) is 12.5 Å². The zero-order valence-electron chi connectivity index (χ0n) is 28.6. The number of benzene rings is 8. The molecule has 246 valence electrons. The van der Waals surface area contributed by atoms with Gasteiger partial charge in [0.05, 0.1) is 5.92 Å². The molecule has 0 saturated carbocycles. The van der Waals surface area contributed by atoms with E-state index in [2.05, 4.69) is 205 Å². The van der Waals surface area contributed by atoms with E-state index in [-0.39, 0.29) is 12.0 Å². The van der Waals surface area contributed by atoms with Crippen LogP contribution in [0.5, 0.6) is 5.75 Å². The molecule has 2 unspecified atom stereocenters. The van der Waals surface area contributed by atoms with Gasteiger partial charge in [-0.1, -0.05) is 146 Å². The van der Waals surface area contributed by atoms with Gasteiger partial charge in [0.25, 0.3) is 0 Å². The Morgan fingerprint density at radius 1 is 0.442 bits per heavy atom. The molecule has 0 bridgehead atoms. The van der Waals surface area contributed by atoms with Crippen LogP contribution >= 0.6 is 0 Å². The number of anilines is 2. The Bertz CT molecular complexity index is 2640. The van der Waals surface area contributed by atoms with E-state index in [4.69, 9.17) is 4.74 Å². The lowest BCUT2D eigenvalue weighted by atomic mass is 9.83. The number of rotatable bonds is 6. The van der Waals surface area contributed by atoms with Crippen molar-refractivity contribution in [2.45, 2.75) is 12.0 Å². The van der Waals surface area contributed by atoms with Gasteiger partial charge in [-0.25, -0.2) is 0 Å². The summed E-state index contributed by atoms with van der Waals surface area (Å²) >= 11 is 0. The summed E-state index contributed by atoms with van der Waals surface area (Å²) in [5.41, 5.74) is 11.9. The van der Waals surface area contributed by atoms with E-state index >= 15 is 0 Å². The minimum Gasteiger partial charge on any atom is -0.485 e. The number of nitrogens with zero attached hydrogens (tertiary/aromatic N) is 1. The molecule has 0 amide bonds. The van der Waals surface area contributed by atoms with E-state index in [1.165, 1.54) is 66.2 Å². The van der Waals surface area contributed by atoms with Crippen LogP contribution in [0, 0.1) is 0 Å². The largest absolute Gasteiger partial charge is 0.485 e. The molecule has 0 saturated heterocycles. The van der Waals surface area contributed by atoms with E-state index in [0.717, 1.165) is 17.1 Å². The SMILES string of the molecule is C1=CC2Oc3cc(-c4ccc5cc(-c6ccccc6)ccc5c4)c4ccccc4c3C2C(N(c2ccccc2)c2ccc(-c3ccccc3)cc2)=C1. The van der Waals surface area contributed by atoms with Gasteiger partial charge in [0.15, 0.2) is 0 Å². The quantitative estimate of drug-likeness (QED) is 0.175. The standard InChI is InChI=1S/C50H35NO/c1-4-13-34(14-5-1)36-27-29-42(30-28-36)51(41-17-8-3-9-18-41)46-21-12-22-47-50(46)49-44-20-11-10-19-43(44)45(33-48(49)52-47)40-26-25-38-31-37(23-24-39(38)32-40)35-15-6-2-7-16-35/h1-33,47,50H. The van der Waals surface area contributed by atoms with Crippen molar-refractivity contribution < 1.29 is 4.74 Å². The highest BCUT2D eigenvalue weighted by Gasteiger charge is 2.41. The summed E-state index contributed by atoms with van der Waals surface area (Å²) < 4.78 is 6.91. The molecule has 0 radical (unpaired) electrons. The van der Waals surface area contributed by atoms with E-state index in [1.807, 2.05) is 0 Å². The third kappa shape index (κ3) is 5.20. The molecular weight excluding hydrogens is 631 g/mol. The first-order valence-electron chi connectivity index (χ1n) is 18.0. The van der Waals surface area contributed by atoms with Crippen molar-refractivity contribution in [3.63, 3.8) is 0 Å². The smallest absolute Gasteiger partial charge is 0.130 e. The lowest BCUT2D eigenvalue weighted by molar-refractivity contribution is 0.264. The molecule has 10 rings (SSSR count). The number of para-hydroxylation sites is 1. The molecule has 1 aliphatic carbocycles. The summed E-state index contributed by atoms with van der Waals surface area (Å²) in [5, 5.41) is 4.92. The van der Waals surface area contributed by atoms with Crippen molar-refractivity contribution in [3.8, 4) is 39.1 Å². The van der Waals surface area contributed by atoms with Crippen LogP contribution in [-0.2, 0) is 0 Å². The fourth-order valence-corrected chi connectivity index (χ4v) is 8.14. The van der Waals surface area contributed by atoms with Crippen molar-refractivity contribution >= 4 is 32.9 Å². The van der Waals surface area contributed by atoms with Gasteiger partial charge in [-0.2, -0.15) is 0 Å². The van der Waals surface area contributed by atoms with Crippen LogP contribution in [0.4, 0.5) is 11.4 Å². The Labute approximate surface area is 304 Å². The van der Waals surface area contributed by atoms with Crippen LogP contribution in [0.2, 0.25) is 0 Å². The highest BCUT2D eigenvalue weighted by Crippen LogP contribution is 2.53. The molecule has 0 N–H and O–H groups in total. The summed E-state index contributed by atoms with van der Waals surface area (Å²) in [6.07, 6.45) is 6.53. The first-order chi connectivity index (χ1) is 25.8. The molecule has 2 aliphatic rings. The average molecular weight is 666 g/mol. The van der Waals surface area contributed by atoms with E-state index in [9.17, 15) is 0 Å². The van der Waals surface area contributed by atoms with Crippen molar-refractivity contribution in [1.29, 1.82) is 0 Å². The third-order valence-electron chi connectivity index (χ3n) is 10.6. The average Bonchev–Trinajstić information content (AvgIpc) is 3.61. The van der Waals surface area contributed by atoms with Gasteiger partial charge in [-0.15, -0.1) is 0 Å².